The molecule has 1 radical (unpaired) electrons. The summed E-state index contributed by atoms with van der Waals surface area (Å²) in [6.45, 7) is 10.7. The molecule has 0 fully saturated rings. The molecule has 1 unspecified atom stereocenters. The van der Waals surface area contributed by atoms with E-state index in [4.69, 9.17) is 9.46 Å². The molecule has 1 rings (SSSR count). The molecule has 0 bridgehead atoms. The smallest absolute Gasteiger partial charge is 0.340 e. The van der Waals surface area contributed by atoms with Crippen LogP contribution in [0.4, 0.5) is 0 Å². The van der Waals surface area contributed by atoms with E-state index in [0.29, 0.717) is 5.92 Å². The Hall–Kier alpha value is 0.631. The Morgan fingerprint density at radius 1 is 0.963 bits per heavy atom. The largest absolute Gasteiger partial charge is 3.00 e. The number of hydrogen-bond acceptors (Lipinski definition) is 1. The van der Waals surface area contributed by atoms with Crippen LogP contribution in [0.5, 0.6) is 0 Å². The van der Waals surface area contributed by atoms with Gasteiger partial charge >= 0.3 is 49.5 Å². The molecule has 0 aromatic heterocycles. The van der Waals surface area contributed by atoms with Gasteiger partial charge in [0.1, 0.15) is 0 Å². The average Bonchev–Trinajstić information content (AvgIpc) is 2.67. The maximum Gasteiger partial charge on any atom is 3.00 e. The molecule has 0 aliphatic rings. The Morgan fingerprint density at radius 2 is 1.44 bits per heavy atom. The molecular formula is C23H41NdO2P+. The van der Waals surface area contributed by atoms with Crippen LogP contribution < -0.4 is 0 Å². The van der Waals surface area contributed by atoms with Crippen LogP contribution in [0.1, 0.15) is 97.0 Å². The zero-order valence-electron chi connectivity index (χ0n) is 17.9. The van der Waals surface area contributed by atoms with E-state index < -0.39 is 8.69 Å². The molecule has 0 aliphatic heterocycles. The van der Waals surface area contributed by atoms with Gasteiger partial charge in [-0.2, -0.15) is 41.8 Å². The van der Waals surface area contributed by atoms with Crippen molar-refractivity contribution in [3.05, 3.63) is 42.8 Å². The fraction of sp³-hybridized carbons (Fsp3) is 0.696. The third-order valence-electron chi connectivity index (χ3n) is 4.40. The molecule has 0 saturated heterocycles. The first-order valence-corrected chi connectivity index (χ1v) is 11.2. The summed E-state index contributed by atoms with van der Waals surface area (Å²) in [4.78, 5) is 6.99. The van der Waals surface area contributed by atoms with Gasteiger partial charge in [0.25, 0.3) is 0 Å². The van der Waals surface area contributed by atoms with Crippen molar-refractivity contribution in [1.82, 2.24) is 0 Å². The summed E-state index contributed by atoms with van der Waals surface area (Å²) in [6, 6.07) is 11.4. The summed E-state index contributed by atoms with van der Waals surface area (Å²) in [6.07, 6.45) is 16.2. The standard InChI is InChI=1S/C15H23.C8H17.Nd.HO2P/c1-2-3-4-5-6-7-9-12-15-13-10-8-11-14-15;1-4-6-7-8(3)5-2;;1-3-2/h10-11,13-14H,2-7,9,12H2,1H3;8H,3-7H2,1-2H3;;(H,1,2)/q2*-1;+3;. The molecular weight excluding hydrogens is 483 g/mol. The van der Waals surface area contributed by atoms with Gasteiger partial charge in [0, 0.05) is 0 Å². The Kier molecular flexibility index (Phi) is 34.5. The van der Waals surface area contributed by atoms with E-state index in [1.807, 2.05) is 12.1 Å². The van der Waals surface area contributed by atoms with E-state index in [9.17, 15) is 0 Å². The quantitative estimate of drug-likeness (QED) is 0.171. The molecule has 2 nitrogen and oxygen atoms in total. The second-order valence-electron chi connectivity index (χ2n) is 6.78. The number of rotatable bonds is 12. The van der Waals surface area contributed by atoms with Crippen molar-refractivity contribution in [3.63, 3.8) is 0 Å². The second kappa shape index (κ2) is 28.8. The number of aryl methyl sites for hydroxylation is 1. The van der Waals surface area contributed by atoms with E-state index in [0.717, 1.165) is 0 Å². The molecule has 1 aromatic rings. The third kappa shape index (κ3) is 28.9. The summed E-state index contributed by atoms with van der Waals surface area (Å²) in [5.41, 5.74) is 1.46. The van der Waals surface area contributed by atoms with E-state index >= 15 is 0 Å². The average molecular weight is 525 g/mol. The Bertz CT molecular complexity index is 374. The Balaban J connectivity index is -0.000000408. The second-order valence-corrected chi connectivity index (χ2v) is 6.94. The molecule has 1 aromatic carbocycles. The van der Waals surface area contributed by atoms with Gasteiger partial charge in [-0.05, 0) is 0 Å². The molecule has 153 valence electrons. The fourth-order valence-electron chi connectivity index (χ4n) is 2.57. The van der Waals surface area contributed by atoms with Crippen molar-refractivity contribution in [2.24, 2.45) is 5.92 Å². The normalized spacial score (nSPS) is 10.7. The number of unbranched alkanes of at least 4 members (excludes halogenated alkanes) is 7. The van der Waals surface area contributed by atoms with Crippen LogP contribution in [-0.2, 0) is 11.0 Å². The van der Waals surface area contributed by atoms with E-state index in [1.54, 1.807) is 0 Å². The Morgan fingerprint density at radius 3 is 1.93 bits per heavy atom. The van der Waals surface area contributed by atoms with Crippen LogP contribution in [0.15, 0.2) is 24.3 Å². The SMILES string of the molecule is CCCCCCCCCc1cc[c-]cc1.O=PO.[CH2-]C(CC)CCCC.[Nd+3]. The molecule has 0 amide bonds. The van der Waals surface area contributed by atoms with Gasteiger partial charge in [0.15, 0.2) is 0 Å². The topological polar surface area (TPSA) is 37.3 Å². The molecule has 0 heterocycles. The van der Waals surface area contributed by atoms with Crippen molar-refractivity contribution >= 4 is 8.69 Å². The molecule has 1 atom stereocenters. The minimum absolute atomic E-state index is 0. The molecule has 0 aliphatic carbocycles. The third-order valence-corrected chi connectivity index (χ3v) is 4.40. The maximum absolute atomic E-state index is 8.46. The number of benzene rings is 1. The predicted octanol–water partition coefficient (Wildman–Crippen LogP) is 8.00. The zero-order chi connectivity index (χ0) is 19.9. The maximum atomic E-state index is 8.46. The summed E-state index contributed by atoms with van der Waals surface area (Å²) in [7, 11) is -0.833. The Labute approximate surface area is 204 Å². The first-order chi connectivity index (χ1) is 12.7. The van der Waals surface area contributed by atoms with Crippen LogP contribution in [0, 0.1) is 59.7 Å². The van der Waals surface area contributed by atoms with Crippen LogP contribution in [0.3, 0.4) is 0 Å². The van der Waals surface area contributed by atoms with E-state index in [2.05, 4.69) is 45.9 Å². The van der Waals surface area contributed by atoms with Crippen molar-refractivity contribution in [2.45, 2.75) is 97.8 Å². The van der Waals surface area contributed by atoms with Gasteiger partial charge in [-0.15, -0.1) is 0 Å². The molecule has 1 N–H and O–H groups in total. The van der Waals surface area contributed by atoms with Crippen molar-refractivity contribution in [2.75, 3.05) is 0 Å². The van der Waals surface area contributed by atoms with Crippen LogP contribution in [0.2, 0.25) is 0 Å². The first-order valence-electron chi connectivity index (χ1n) is 10.4. The van der Waals surface area contributed by atoms with E-state index in [1.165, 1.54) is 82.6 Å². The summed E-state index contributed by atoms with van der Waals surface area (Å²) in [5, 5.41) is 0. The monoisotopic (exact) mass is 522 g/mol. The fourth-order valence-corrected chi connectivity index (χ4v) is 2.57. The predicted molar refractivity (Wildman–Crippen MR) is 115 cm³/mol. The number of hydrogen-bond donors (Lipinski definition) is 1. The molecule has 27 heavy (non-hydrogen) atoms. The summed E-state index contributed by atoms with van der Waals surface area (Å²) < 4.78 is 8.46. The van der Waals surface area contributed by atoms with Crippen LogP contribution >= 0.6 is 8.69 Å². The molecule has 0 saturated carbocycles. The van der Waals surface area contributed by atoms with Gasteiger partial charge in [0.05, 0.1) is 0 Å². The molecule has 4 heteroatoms. The van der Waals surface area contributed by atoms with Crippen molar-refractivity contribution in [1.29, 1.82) is 0 Å². The molecule has 0 spiro atoms. The first kappa shape index (κ1) is 32.3. The zero-order valence-corrected chi connectivity index (χ0v) is 22.0. The van der Waals surface area contributed by atoms with Gasteiger partial charge < -0.3 is 11.8 Å². The van der Waals surface area contributed by atoms with Gasteiger partial charge in [-0.1, -0.05) is 97.8 Å². The van der Waals surface area contributed by atoms with Gasteiger partial charge in [0.2, 0.25) is 0 Å². The van der Waals surface area contributed by atoms with Gasteiger partial charge in [-0.25, -0.2) is 4.57 Å². The minimum atomic E-state index is -0.833. The van der Waals surface area contributed by atoms with Crippen molar-refractivity contribution in [3.8, 4) is 0 Å². The summed E-state index contributed by atoms with van der Waals surface area (Å²) >= 11 is 0. The van der Waals surface area contributed by atoms with Crippen LogP contribution in [-0.4, -0.2) is 4.89 Å². The van der Waals surface area contributed by atoms with Crippen molar-refractivity contribution < 1.29 is 50.3 Å². The van der Waals surface area contributed by atoms with Crippen LogP contribution in [0.25, 0.3) is 0 Å². The summed E-state index contributed by atoms with van der Waals surface area (Å²) in [5.74, 6) is 0.704. The van der Waals surface area contributed by atoms with Gasteiger partial charge in [-0.3, -0.25) is 0 Å². The van der Waals surface area contributed by atoms with E-state index in [-0.39, 0.29) is 40.8 Å². The minimum Gasteiger partial charge on any atom is -0.340 e.